The van der Waals surface area contributed by atoms with Gasteiger partial charge in [0.05, 0.1) is 13.7 Å². The molecule has 0 fully saturated rings. The first-order chi connectivity index (χ1) is 11.1. The van der Waals surface area contributed by atoms with Crippen LogP contribution in [0.5, 0.6) is 5.75 Å². The molecule has 1 aliphatic heterocycles. The maximum Gasteiger partial charge on any atom is 0.122 e. The highest BCUT2D eigenvalue weighted by atomic mass is 16.5. The molecule has 0 unspecified atom stereocenters. The first-order valence-corrected chi connectivity index (χ1v) is 8.14. The Balaban J connectivity index is 1.74. The Morgan fingerprint density at radius 3 is 2.70 bits per heavy atom. The molecule has 0 bridgehead atoms. The van der Waals surface area contributed by atoms with Crippen molar-refractivity contribution in [1.82, 2.24) is 19.4 Å². The van der Waals surface area contributed by atoms with Crippen LogP contribution in [0.1, 0.15) is 11.4 Å². The molecule has 0 saturated carbocycles. The van der Waals surface area contributed by atoms with Crippen LogP contribution < -0.4 is 4.74 Å². The van der Waals surface area contributed by atoms with E-state index in [4.69, 9.17) is 4.74 Å². The summed E-state index contributed by atoms with van der Waals surface area (Å²) < 4.78 is 7.55. The molecule has 5 heteroatoms. The standard InChI is InChI=1S/C18H26N4O/c1-20(2)10-16-12-21(14-18-19-8-9-22(18)13-16)11-15-4-6-17(23-3)7-5-15/h4-9,16H,10-14H2,1-3H3/t16-/m0/s1. The summed E-state index contributed by atoms with van der Waals surface area (Å²) in [5.74, 6) is 2.68. The Morgan fingerprint density at radius 2 is 2.00 bits per heavy atom. The lowest BCUT2D eigenvalue weighted by Crippen LogP contribution is -2.33. The number of fused-ring (bicyclic) bond motifs is 1. The highest BCUT2D eigenvalue weighted by molar-refractivity contribution is 5.27. The molecule has 3 rings (SSSR count). The van der Waals surface area contributed by atoms with E-state index in [1.807, 2.05) is 18.3 Å². The number of methoxy groups -OCH3 is 1. The van der Waals surface area contributed by atoms with E-state index < -0.39 is 0 Å². The van der Waals surface area contributed by atoms with Gasteiger partial charge in [0.2, 0.25) is 0 Å². The minimum Gasteiger partial charge on any atom is -0.497 e. The monoisotopic (exact) mass is 314 g/mol. The van der Waals surface area contributed by atoms with Crippen LogP contribution in [0.25, 0.3) is 0 Å². The summed E-state index contributed by atoms with van der Waals surface area (Å²) in [7, 11) is 6.00. The van der Waals surface area contributed by atoms with Crippen molar-refractivity contribution in [1.29, 1.82) is 0 Å². The van der Waals surface area contributed by atoms with Gasteiger partial charge in [0.25, 0.3) is 0 Å². The van der Waals surface area contributed by atoms with E-state index in [0.717, 1.165) is 38.5 Å². The van der Waals surface area contributed by atoms with Gasteiger partial charge in [0, 0.05) is 44.5 Å². The molecule has 124 valence electrons. The van der Waals surface area contributed by atoms with E-state index in [2.05, 4.69) is 51.8 Å². The smallest absolute Gasteiger partial charge is 0.122 e. The van der Waals surface area contributed by atoms with Gasteiger partial charge in [-0.2, -0.15) is 0 Å². The lowest BCUT2D eigenvalue weighted by atomic mass is 10.1. The molecule has 1 aromatic carbocycles. The molecule has 0 amide bonds. The topological polar surface area (TPSA) is 33.5 Å². The number of ether oxygens (including phenoxy) is 1. The molecular weight excluding hydrogens is 288 g/mol. The van der Waals surface area contributed by atoms with Crippen molar-refractivity contribution >= 4 is 0 Å². The highest BCUT2D eigenvalue weighted by Gasteiger charge is 2.22. The number of hydrogen-bond acceptors (Lipinski definition) is 4. The maximum absolute atomic E-state index is 5.24. The fourth-order valence-electron chi connectivity index (χ4n) is 3.36. The molecule has 0 saturated heterocycles. The van der Waals surface area contributed by atoms with Gasteiger partial charge < -0.3 is 14.2 Å². The molecule has 0 N–H and O–H groups in total. The van der Waals surface area contributed by atoms with Crippen LogP contribution in [0.4, 0.5) is 0 Å². The third-order valence-corrected chi connectivity index (χ3v) is 4.33. The quantitative estimate of drug-likeness (QED) is 0.846. The Morgan fingerprint density at radius 1 is 1.22 bits per heavy atom. The van der Waals surface area contributed by atoms with Crippen LogP contribution >= 0.6 is 0 Å². The fraction of sp³-hybridized carbons (Fsp3) is 0.500. The summed E-state index contributed by atoms with van der Waals surface area (Å²) in [5.41, 5.74) is 1.31. The number of imidazole rings is 1. The molecule has 1 atom stereocenters. The van der Waals surface area contributed by atoms with Gasteiger partial charge in [0.15, 0.2) is 0 Å². The molecule has 0 radical (unpaired) electrons. The van der Waals surface area contributed by atoms with Gasteiger partial charge >= 0.3 is 0 Å². The third-order valence-electron chi connectivity index (χ3n) is 4.33. The Hall–Kier alpha value is -1.85. The number of aromatic nitrogens is 2. The van der Waals surface area contributed by atoms with Crippen LogP contribution in [0.2, 0.25) is 0 Å². The molecule has 1 aromatic heterocycles. The van der Waals surface area contributed by atoms with Crippen LogP contribution in [-0.4, -0.2) is 53.6 Å². The van der Waals surface area contributed by atoms with Crippen molar-refractivity contribution in [2.45, 2.75) is 19.6 Å². The van der Waals surface area contributed by atoms with Crippen molar-refractivity contribution in [3.05, 3.63) is 48.0 Å². The van der Waals surface area contributed by atoms with Gasteiger partial charge in [-0.1, -0.05) is 12.1 Å². The Bertz CT molecular complexity index is 620. The zero-order chi connectivity index (χ0) is 16.2. The van der Waals surface area contributed by atoms with E-state index in [1.165, 1.54) is 11.4 Å². The van der Waals surface area contributed by atoms with Gasteiger partial charge in [-0.15, -0.1) is 0 Å². The zero-order valence-electron chi connectivity index (χ0n) is 14.3. The van der Waals surface area contributed by atoms with Crippen molar-refractivity contribution in [3.8, 4) is 5.75 Å². The number of benzene rings is 1. The summed E-state index contributed by atoms with van der Waals surface area (Å²) in [6.45, 7) is 5.08. The largest absolute Gasteiger partial charge is 0.497 e. The molecule has 23 heavy (non-hydrogen) atoms. The van der Waals surface area contributed by atoms with Gasteiger partial charge in [0.1, 0.15) is 11.6 Å². The van der Waals surface area contributed by atoms with E-state index in [9.17, 15) is 0 Å². The molecule has 0 aliphatic carbocycles. The second-order valence-electron chi connectivity index (χ2n) is 6.64. The van der Waals surface area contributed by atoms with Crippen molar-refractivity contribution in [2.75, 3.05) is 34.3 Å². The summed E-state index contributed by atoms with van der Waals surface area (Å²) in [6.07, 6.45) is 4.02. The molecule has 1 aliphatic rings. The molecule has 2 heterocycles. The third kappa shape index (κ3) is 4.12. The van der Waals surface area contributed by atoms with E-state index in [-0.39, 0.29) is 0 Å². The molecular formula is C18H26N4O. The summed E-state index contributed by atoms with van der Waals surface area (Å²) in [4.78, 5) is 9.32. The lowest BCUT2D eigenvalue weighted by molar-refractivity contribution is 0.194. The zero-order valence-corrected chi connectivity index (χ0v) is 14.3. The maximum atomic E-state index is 5.24. The van der Waals surface area contributed by atoms with Crippen LogP contribution in [0.15, 0.2) is 36.7 Å². The van der Waals surface area contributed by atoms with Crippen LogP contribution in [-0.2, 0) is 19.6 Å². The van der Waals surface area contributed by atoms with Crippen molar-refractivity contribution < 1.29 is 4.74 Å². The summed E-state index contributed by atoms with van der Waals surface area (Å²) >= 11 is 0. The highest BCUT2D eigenvalue weighted by Crippen LogP contribution is 2.19. The van der Waals surface area contributed by atoms with E-state index in [1.54, 1.807) is 7.11 Å². The van der Waals surface area contributed by atoms with E-state index >= 15 is 0 Å². The second kappa shape index (κ2) is 7.15. The lowest BCUT2D eigenvalue weighted by Gasteiger charge is -2.25. The molecule has 0 spiro atoms. The number of rotatable bonds is 5. The van der Waals surface area contributed by atoms with Gasteiger partial charge in [-0.25, -0.2) is 4.98 Å². The normalized spacial score (nSPS) is 18.7. The summed E-state index contributed by atoms with van der Waals surface area (Å²) in [5, 5.41) is 0. The van der Waals surface area contributed by atoms with Gasteiger partial charge in [-0.05, 0) is 31.8 Å². The molecule has 2 aromatic rings. The predicted molar refractivity (Wildman–Crippen MR) is 91.4 cm³/mol. The number of nitrogens with zero attached hydrogens (tertiary/aromatic N) is 4. The Labute approximate surface area is 138 Å². The first-order valence-electron chi connectivity index (χ1n) is 8.14. The van der Waals surface area contributed by atoms with Crippen LogP contribution in [0.3, 0.4) is 0 Å². The average Bonchev–Trinajstić information content (AvgIpc) is 2.87. The average molecular weight is 314 g/mol. The Kier molecular flexibility index (Phi) is 4.98. The van der Waals surface area contributed by atoms with E-state index in [0.29, 0.717) is 5.92 Å². The fourth-order valence-corrected chi connectivity index (χ4v) is 3.36. The van der Waals surface area contributed by atoms with Crippen molar-refractivity contribution in [2.24, 2.45) is 5.92 Å². The minimum absolute atomic E-state index is 0.610. The SMILES string of the molecule is COc1ccc(CN2Cc3nccn3C[C@@H](CN(C)C)C2)cc1. The van der Waals surface area contributed by atoms with Crippen LogP contribution in [0, 0.1) is 5.92 Å². The molecule has 5 nitrogen and oxygen atoms in total. The summed E-state index contributed by atoms with van der Waals surface area (Å²) in [6, 6.07) is 8.37. The second-order valence-corrected chi connectivity index (χ2v) is 6.64. The van der Waals surface area contributed by atoms with Crippen molar-refractivity contribution in [3.63, 3.8) is 0 Å². The first kappa shape index (κ1) is 16.0. The minimum atomic E-state index is 0.610. The predicted octanol–water partition coefficient (Wildman–Crippen LogP) is 2.09. The number of hydrogen-bond donors (Lipinski definition) is 0. The van der Waals surface area contributed by atoms with Gasteiger partial charge in [-0.3, -0.25) is 4.90 Å².